The van der Waals surface area contributed by atoms with Crippen LogP contribution in [0.25, 0.3) is 0 Å². The monoisotopic (exact) mass is 383 g/mol. The van der Waals surface area contributed by atoms with Gasteiger partial charge in [-0.1, -0.05) is 12.5 Å². The van der Waals surface area contributed by atoms with Gasteiger partial charge in [0.05, 0.1) is 12.1 Å². The number of furan rings is 1. The molecular formula is C22H29N3O3. The summed E-state index contributed by atoms with van der Waals surface area (Å²) in [6, 6.07) is 5.54. The third-order valence-corrected chi connectivity index (χ3v) is 5.37. The number of aryl methyl sites for hydroxylation is 3. The van der Waals surface area contributed by atoms with Crippen LogP contribution in [0.3, 0.4) is 0 Å². The smallest absolute Gasteiger partial charge is 0.259 e. The first kappa shape index (κ1) is 20.1. The molecule has 6 nitrogen and oxygen atoms in total. The molecular weight excluding hydrogens is 354 g/mol. The van der Waals surface area contributed by atoms with Crippen LogP contribution in [-0.2, 0) is 4.79 Å². The van der Waals surface area contributed by atoms with Gasteiger partial charge in [-0.2, -0.15) is 0 Å². The SMILES string of the molecule is Cc1ccc(NC(=O)c2c(C)oc(C)c2C)cc1NC(=O)CN1CCCCC1. The van der Waals surface area contributed by atoms with E-state index in [2.05, 4.69) is 15.5 Å². The Bertz CT molecular complexity index is 879. The standard InChI is InChI=1S/C22H29N3O3/c1-14-8-9-18(23-22(27)21-15(2)16(3)28-17(21)4)12-19(14)24-20(26)13-25-10-6-5-7-11-25/h8-9,12H,5-7,10-11,13H2,1-4H3,(H,23,27)(H,24,26). The number of nitrogens with zero attached hydrogens (tertiary/aromatic N) is 1. The summed E-state index contributed by atoms with van der Waals surface area (Å²) < 4.78 is 5.55. The third-order valence-electron chi connectivity index (χ3n) is 5.37. The van der Waals surface area contributed by atoms with Gasteiger partial charge in [-0.3, -0.25) is 14.5 Å². The highest BCUT2D eigenvalue weighted by atomic mass is 16.3. The molecule has 2 aromatic rings. The van der Waals surface area contributed by atoms with E-state index < -0.39 is 0 Å². The third kappa shape index (κ3) is 4.62. The number of carbonyl (C=O) groups excluding carboxylic acids is 2. The van der Waals surface area contributed by atoms with Gasteiger partial charge in [0.25, 0.3) is 5.91 Å². The van der Waals surface area contributed by atoms with Crippen molar-refractivity contribution in [3.63, 3.8) is 0 Å². The number of carbonyl (C=O) groups is 2. The molecule has 0 saturated carbocycles. The van der Waals surface area contributed by atoms with E-state index in [1.807, 2.05) is 32.9 Å². The first-order valence-corrected chi connectivity index (χ1v) is 9.86. The Morgan fingerprint density at radius 1 is 1.00 bits per heavy atom. The molecule has 2 amide bonds. The molecule has 3 rings (SSSR count). The van der Waals surface area contributed by atoms with Crippen molar-refractivity contribution in [3.05, 3.63) is 46.4 Å². The van der Waals surface area contributed by atoms with E-state index in [-0.39, 0.29) is 11.8 Å². The van der Waals surface area contributed by atoms with Crippen LogP contribution in [0.1, 0.15) is 52.3 Å². The molecule has 0 atom stereocenters. The molecule has 150 valence electrons. The summed E-state index contributed by atoms with van der Waals surface area (Å²) in [5, 5.41) is 5.90. The molecule has 0 unspecified atom stereocenters. The van der Waals surface area contributed by atoms with E-state index in [4.69, 9.17) is 4.42 Å². The molecule has 2 heterocycles. The summed E-state index contributed by atoms with van der Waals surface area (Å²) in [5.74, 6) is 1.12. The number of anilines is 2. The summed E-state index contributed by atoms with van der Waals surface area (Å²) in [5.41, 5.74) is 3.72. The molecule has 1 aliphatic heterocycles. The number of piperidine rings is 1. The van der Waals surface area contributed by atoms with Crippen molar-refractivity contribution in [3.8, 4) is 0 Å². The molecule has 2 N–H and O–H groups in total. The molecule has 28 heavy (non-hydrogen) atoms. The maximum absolute atomic E-state index is 12.7. The van der Waals surface area contributed by atoms with Crippen LogP contribution in [0.5, 0.6) is 0 Å². The minimum atomic E-state index is -0.207. The van der Waals surface area contributed by atoms with E-state index >= 15 is 0 Å². The predicted molar refractivity (Wildman–Crippen MR) is 111 cm³/mol. The fourth-order valence-corrected chi connectivity index (χ4v) is 3.67. The van der Waals surface area contributed by atoms with Gasteiger partial charge in [0.15, 0.2) is 0 Å². The van der Waals surface area contributed by atoms with Gasteiger partial charge in [0.1, 0.15) is 11.5 Å². The topological polar surface area (TPSA) is 74.6 Å². The first-order valence-electron chi connectivity index (χ1n) is 9.86. The minimum absolute atomic E-state index is 0.0226. The molecule has 1 aromatic carbocycles. The Hall–Kier alpha value is -2.60. The van der Waals surface area contributed by atoms with Crippen molar-refractivity contribution in [2.24, 2.45) is 0 Å². The van der Waals surface area contributed by atoms with E-state index in [9.17, 15) is 9.59 Å². The van der Waals surface area contributed by atoms with Crippen LogP contribution < -0.4 is 10.6 Å². The second-order valence-electron chi connectivity index (χ2n) is 7.58. The number of rotatable bonds is 5. The first-order chi connectivity index (χ1) is 13.3. The highest BCUT2D eigenvalue weighted by Gasteiger charge is 2.19. The van der Waals surface area contributed by atoms with Gasteiger partial charge in [-0.25, -0.2) is 0 Å². The lowest BCUT2D eigenvalue weighted by Gasteiger charge is -2.25. The maximum atomic E-state index is 12.7. The second-order valence-corrected chi connectivity index (χ2v) is 7.58. The van der Waals surface area contributed by atoms with Crippen molar-refractivity contribution in [1.29, 1.82) is 0 Å². The normalized spacial score (nSPS) is 14.7. The molecule has 0 bridgehead atoms. The van der Waals surface area contributed by atoms with Crippen LogP contribution in [0.4, 0.5) is 11.4 Å². The largest absolute Gasteiger partial charge is 0.466 e. The molecule has 1 aliphatic rings. The van der Waals surface area contributed by atoms with Gasteiger partial charge in [-0.05, 0) is 71.3 Å². The lowest BCUT2D eigenvalue weighted by Crippen LogP contribution is -2.36. The number of hydrogen-bond donors (Lipinski definition) is 2. The lowest BCUT2D eigenvalue weighted by molar-refractivity contribution is -0.117. The summed E-state index contributed by atoms with van der Waals surface area (Å²) in [7, 11) is 0. The average Bonchev–Trinajstić information content (AvgIpc) is 2.90. The van der Waals surface area contributed by atoms with Crippen molar-refractivity contribution in [2.75, 3.05) is 30.3 Å². The lowest BCUT2D eigenvalue weighted by atomic mass is 10.1. The van der Waals surface area contributed by atoms with Crippen LogP contribution in [0.2, 0.25) is 0 Å². The highest BCUT2D eigenvalue weighted by molar-refractivity contribution is 6.06. The van der Waals surface area contributed by atoms with Gasteiger partial charge in [0, 0.05) is 16.9 Å². The zero-order valence-corrected chi connectivity index (χ0v) is 17.1. The van der Waals surface area contributed by atoms with Crippen LogP contribution in [-0.4, -0.2) is 36.3 Å². The van der Waals surface area contributed by atoms with Crippen LogP contribution >= 0.6 is 0 Å². The maximum Gasteiger partial charge on any atom is 0.259 e. The number of likely N-dealkylation sites (tertiary alicyclic amines) is 1. The van der Waals surface area contributed by atoms with Crippen LogP contribution in [0, 0.1) is 27.7 Å². The highest BCUT2D eigenvalue weighted by Crippen LogP contribution is 2.24. The number of nitrogens with one attached hydrogen (secondary N) is 2. The quantitative estimate of drug-likeness (QED) is 0.812. The summed E-state index contributed by atoms with van der Waals surface area (Å²) in [6.45, 7) is 9.81. The van der Waals surface area contributed by atoms with Crippen molar-refractivity contribution in [2.45, 2.75) is 47.0 Å². The Balaban J connectivity index is 1.68. The fraction of sp³-hybridized carbons (Fsp3) is 0.455. The van der Waals surface area contributed by atoms with Crippen molar-refractivity contribution >= 4 is 23.2 Å². The molecule has 1 fully saturated rings. The molecule has 0 spiro atoms. The second kappa shape index (κ2) is 8.61. The van der Waals surface area contributed by atoms with E-state index in [1.165, 1.54) is 6.42 Å². The van der Waals surface area contributed by atoms with E-state index in [0.29, 0.717) is 23.6 Å². The zero-order chi connectivity index (χ0) is 20.3. The molecule has 0 radical (unpaired) electrons. The van der Waals surface area contributed by atoms with E-state index in [1.54, 1.807) is 13.0 Å². The van der Waals surface area contributed by atoms with Crippen molar-refractivity contribution < 1.29 is 14.0 Å². The number of benzene rings is 1. The zero-order valence-electron chi connectivity index (χ0n) is 17.1. The minimum Gasteiger partial charge on any atom is -0.466 e. The molecule has 1 saturated heterocycles. The summed E-state index contributed by atoms with van der Waals surface area (Å²) in [4.78, 5) is 27.3. The Morgan fingerprint density at radius 2 is 1.71 bits per heavy atom. The fourth-order valence-electron chi connectivity index (χ4n) is 3.67. The van der Waals surface area contributed by atoms with Gasteiger partial charge < -0.3 is 15.1 Å². The van der Waals surface area contributed by atoms with Crippen molar-refractivity contribution in [1.82, 2.24) is 4.90 Å². The Morgan fingerprint density at radius 3 is 2.36 bits per heavy atom. The molecule has 6 heteroatoms. The van der Waals surface area contributed by atoms with Crippen LogP contribution in [0.15, 0.2) is 22.6 Å². The van der Waals surface area contributed by atoms with Gasteiger partial charge in [-0.15, -0.1) is 0 Å². The van der Waals surface area contributed by atoms with Gasteiger partial charge >= 0.3 is 0 Å². The molecule has 1 aromatic heterocycles. The predicted octanol–water partition coefficient (Wildman–Crippen LogP) is 4.19. The average molecular weight is 383 g/mol. The molecule has 0 aliphatic carbocycles. The van der Waals surface area contributed by atoms with E-state index in [0.717, 1.165) is 48.5 Å². The number of hydrogen-bond acceptors (Lipinski definition) is 4. The Kier molecular flexibility index (Phi) is 6.19. The Labute approximate surface area is 166 Å². The summed E-state index contributed by atoms with van der Waals surface area (Å²) in [6.07, 6.45) is 3.55. The van der Waals surface area contributed by atoms with Gasteiger partial charge in [0.2, 0.25) is 5.91 Å². The summed E-state index contributed by atoms with van der Waals surface area (Å²) >= 11 is 0. The number of amides is 2.